The normalized spacial score (nSPS) is 11.5. The van der Waals surface area contributed by atoms with E-state index < -0.39 is 12.1 Å². The van der Waals surface area contributed by atoms with Gasteiger partial charge >= 0.3 is 11.9 Å². The summed E-state index contributed by atoms with van der Waals surface area (Å²) < 4.78 is 33.8. The first-order valence-electron chi connectivity index (χ1n) is 16.6. The third-order valence-corrected chi connectivity index (χ3v) is 7.58. The van der Waals surface area contributed by atoms with Crippen LogP contribution in [0.2, 0.25) is 0 Å². The third kappa shape index (κ3) is 13.7. The molecule has 0 saturated carbocycles. The minimum atomic E-state index is -0.703. The van der Waals surface area contributed by atoms with Gasteiger partial charge in [0.1, 0.15) is 25.8 Å². The highest BCUT2D eigenvalue weighted by Gasteiger charge is 2.21. The molecular weight excluding hydrogens is 608 g/mol. The molecule has 48 heavy (non-hydrogen) atoms. The van der Waals surface area contributed by atoms with Gasteiger partial charge in [-0.15, -0.1) is 0 Å². The first kappa shape index (κ1) is 36.3. The van der Waals surface area contributed by atoms with Crippen LogP contribution in [0.4, 0.5) is 0 Å². The second kappa shape index (κ2) is 21.4. The number of rotatable bonds is 22. The summed E-state index contributed by atoms with van der Waals surface area (Å²) >= 11 is 0. The standard InChI is InChI=1S/C40H46O8/c1-2-3-4-5-12-17-38(40(42)46-29-35-24-20-32(21-25-35)26-43-30-47-37-15-10-7-11-16-37)48-31-44-27-33-18-22-34(23-19-33)28-45-39(41)36-13-8-6-9-14-36/h6-11,13-16,18-25,38H,2-5,12,17,26-31H2,1H3. The first-order valence-corrected chi connectivity index (χ1v) is 16.6. The molecule has 4 aromatic carbocycles. The van der Waals surface area contributed by atoms with E-state index in [0.717, 1.165) is 53.7 Å². The van der Waals surface area contributed by atoms with Gasteiger partial charge in [-0.25, -0.2) is 9.59 Å². The van der Waals surface area contributed by atoms with Crippen molar-refractivity contribution < 1.29 is 38.0 Å². The maximum atomic E-state index is 13.0. The zero-order valence-corrected chi connectivity index (χ0v) is 27.7. The molecule has 1 atom stereocenters. The lowest BCUT2D eigenvalue weighted by atomic mass is 10.1. The number of hydrogen-bond donors (Lipinski definition) is 0. The van der Waals surface area contributed by atoms with Crippen LogP contribution in [0.15, 0.2) is 109 Å². The lowest BCUT2D eigenvalue weighted by Gasteiger charge is -2.17. The van der Waals surface area contributed by atoms with E-state index in [1.54, 1.807) is 24.3 Å². The Morgan fingerprint density at radius 2 is 1.08 bits per heavy atom. The van der Waals surface area contributed by atoms with Crippen LogP contribution in [0.3, 0.4) is 0 Å². The van der Waals surface area contributed by atoms with Gasteiger partial charge in [0.2, 0.25) is 0 Å². The SMILES string of the molecule is CCCCCCCC(OCOCc1ccc(COC(=O)c2ccccc2)cc1)C(=O)OCc1ccc(COCOc2ccccc2)cc1. The van der Waals surface area contributed by atoms with Crippen LogP contribution < -0.4 is 4.74 Å². The fourth-order valence-electron chi connectivity index (χ4n) is 4.80. The van der Waals surface area contributed by atoms with E-state index in [1.165, 1.54) is 6.42 Å². The molecule has 8 nitrogen and oxygen atoms in total. The summed E-state index contributed by atoms with van der Waals surface area (Å²) in [5.41, 5.74) is 4.21. The van der Waals surface area contributed by atoms with Crippen LogP contribution in [0.25, 0.3) is 0 Å². The maximum absolute atomic E-state index is 13.0. The average Bonchev–Trinajstić information content (AvgIpc) is 3.14. The summed E-state index contributed by atoms with van der Waals surface area (Å²) in [6, 6.07) is 33.8. The average molecular weight is 655 g/mol. The van der Waals surface area contributed by atoms with E-state index in [2.05, 4.69) is 6.92 Å². The summed E-state index contributed by atoms with van der Waals surface area (Å²) in [6.45, 7) is 3.37. The van der Waals surface area contributed by atoms with Crippen LogP contribution in [-0.4, -0.2) is 31.6 Å². The molecule has 0 heterocycles. The zero-order chi connectivity index (χ0) is 33.7. The Kier molecular flexibility index (Phi) is 16.2. The molecule has 1 unspecified atom stereocenters. The van der Waals surface area contributed by atoms with E-state index in [-0.39, 0.29) is 32.8 Å². The van der Waals surface area contributed by atoms with Crippen molar-refractivity contribution >= 4 is 11.9 Å². The van der Waals surface area contributed by atoms with Crippen molar-refractivity contribution in [2.45, 2.75) is 78.0 Å². The molecule has 0 aliphatic rings. The van der Waals surface area contributed by atoms with Gasteiger partial charge in [-0.05, 0) is 52.9 Å². The molecule has 0 bridgehead atoms. The molecule has 4 aromatic rings. The lowest BCUT2D eigenvalue weighted by molar-refractivity contribution is -0.170. The highest BCUT2D eigenvalue weighted by Crippen LogP contribution is 2.15. The minimum absolute atomic E-state index is 0.0339. The van der Waals surface area contributed by atoms with Crippen molar-refractivity contribution in [3.63, 3.8) is 0 Å². The third-order valence-electron chi connectivity index (χ3n) is 7.58. The molecule has 0 aromatic heterocycles. The first-order chi connectivity index (χ1) is 23.6. The number of carbonyl (C=O) groups excluding carboxylic acids is 2. The zero-order valence-electron chi connectivity index (χ0n) is 27.7. The Morgan fingerprint density at radius 3 is 1.69 bits per heavy atom. The lowest BCUT2D eigenvalue weighted by Crippen LogP contribution is -2.27. The summed E-state index contributed by atoms with van der Waals surface area (Å²) in [5.74, 6) is 0.00796. The molecule has 8 heteroatoms. The molecule has 4 rings (SSSR count). The predicted molar refractivity (Wildman–Crippen MR) is 183 cm³/mol. The fourth-order valence-corrected chi connectivity index (χ4v) is 4.80. The largest absolute Gasteiger partial charge is 0.468 e. The molecule has 254 valence electrons. The quantitative estimate of drug-likeness (QED) is 0.0473. The number of para-hydroxylation sites is 1. The van der Waals surface area contributed by atoms with Crippen LogP contribution in [0.5, 0.6) is 5.75 Å². The number of esters is 2. The van der Waals surface area contributed by atoms with Gasteiger partial charge in [0.15, 0.2) is 12.9 Å². The second-order valence-electron chi connectivity index (χ2n) is 11.4. The minimum Gasteiger partial charge on any atom is -0.468 e. The van der Waals surface area contributed by atoms with Crippen molar-refractivity contribution in [1.29, 1.82) is 0 Å². The van der Waals surface area contributed by atoms with E-state index in [9.17, 15) is 9.59 Å². The molecule has 0 aliphatic carbocycles. The number of benzene rings is 4. The monoisotopic (exact) mass is 654 g/mol. The van der Waals surface area contributed by atoms with Gasteiger partial charge in [-0.2, -0.15) is 0 Å². The Hall–Kier alpha value is -4.50. The van der Waals surface area contributed by atoms with E-state index in [0.29, 0.717) is 25.2 Å². The van der Waals surface area contributed by atoms with E-state index in [1.807, 2.05) is 84.9 Å². The summed E-state index contributed by atoms with van der Waals surface area (Å²) in [6.07, 6.45) is 5.24. The Bertz CT molecular complexity index is 1460. The van der Waals surface area contributed by atoms with E-state index in [4.69, 9.17) is 28.4 Å². The van der Waals surface area contributed by atoms with Crippen LogP contribution in [0.1, 0.15) is 78.1 Å². The Labute approximate surface area is 283 Å². The van der Waals surface area contributed by atoms with E-state index >= 15 is 0 Å². The van der Waals surface area contributed by atoms with Crippen LogP contribution >= 0.6 is 0 Å². The molecule has 0 radical (unpaired) electrons. The van der Waals surface area contributed by atoms with Crippen molar-refractivity contribution in [2.24, 2.45) is 0 Å². The number of unbranched alkanes of at least 4 members (excludes halogenated alkanes) is 4. The smallest absolute Gasteiger partial charge is 0.338 e. The van der Waals surface area contributed by atoms with Crippen molar-refractivity contribution in [3.8, 4) is 5.75 Å². The maximum Gasteiger partial charge on any atom is 0.338 e. The highest BCUT2D eigenvalue weighted by molar-refractivity contribution is 5.89. The number of hydrogen-bond acceptors (Lipinski definition) is 8. The molecule has 0 spiro atoms. The molecule has 0 N–H and O–H groups in total. The Balaban J connectivity index is 1.16. The van der Waals surface area contributed by atoms with Crippen LogP contribution in [-0.2, 0) is 54.9 Å². The van der Waals surface area contributed by atoms with Gasteiger partial charge < -0.3 is 28.4 Å². The molecular formula is C40H46O8. The second-order valence-corrected chi connectivity index (χ2v) is 11.4. The van der Waals surface area contributed by atoms with Gasteiger partial charge in [-0.1, -0.05) is 124 Å². The number of carbonyl (C=O) groups is 2. The van der Waals surface area contributed by atoms with Crippen LogP contribution in [0, 0.1) is 0 Å². The van der Waals surface area contributed by atoms with Gasteiger partial charge in [-0.3, -0.25) is 0 Å². The molecule has 0 aliphatic heterocycles. The van der Waals surface area contributed by atoms with Gasteiger partial charge in [0.05, 0.1) is 18.8 Å². The number of ether oxygens (including phenoxy) is 6. The van der Waals surface area contributed by atoms with Crippen molar-refractivity contribution in [3.05, 3.63) is 137 Å². The van der Waals surface area contributed by atoms with Gasteiger partial charge in [0, 0.05) is 0 Å². The molecule has 0 saturated heterocycles. The highest BCUT2D eigenvalue weighted by atomic mass is 16.7. The Morgan fingerprint density at radius 1 is 0.562 bits per heavy atom. The topological polar surface area (TPSA) is 89.5 Å². The summed E-state index contributed by atoms with van der Waals surface area (Å²) in [4.78, 5) is 25.2. The molecule has 0 amide bonds. The van der Waals surface area contributed by atoms with Gasteiger partial charge in [0.25, 0.3) is 0 Å². The van der Waals surface area contributed by atoms with Crippen molar-refractivity contribution in [1.82, 2.24) is 0 Å². The summed E-state index contributed by atoms with van der Waals surface area (Å²) in [5, 5.41) is 0. The van der Waals surface area contributed by atoms with Crippen molar-refractivity contribution in [2.75, 3.05) is 13.6 Å². The predicted octanol–water partition coefficient (Wildman–Crippen LogP) is 8.56. The molecule has 0 fully saturated rings. The summed E-state index contributed by atoms with van der Waals surface area (Å²) in [7, 11) is 0. The fraction of sp³-hybridized carbons (Fsp3) is 0.350.